The van der Waals surface area contributed by atoms with E-state index < -0.39 is 0 Å². The fraction of sp³-hybridized carbons (Fsp3) is 0.167. The molecular weight excluding hydrogens is 434 g/mol. The van der Waals surface area contributed by atoms with Gasteiger partial charge in [-0.25, -0.2) is 12.1 Å². The molecule has 3 aromatic carbocycles. The second-order valence-corrected chi connectivity index (χ2v) is 5.11. The summed E-state index contributed by atoms with van der Waals surface area (Å²) in [6.07, 6.45) is 3.91. The zero-order chi connectivity index (χ0) is 15.2. The van der Waals surface area contributed by atoms with Crippen LogP contribution in [0.5, 0.6) is 0 Å². The van der Waals surface area contributed by atoms with E-state index in [1.165, 1.54) is 40.3 Å². The van der Waals surface area contributed by atoms with Gasteiger partial charge in [-0.15, -0.1) is 51.3 Å². The van der Waals surface area contributed by atoms with Crippen LogP contribution in [0, 0.1) is 0 Å². The molecule has 0 aliphatic heterocycles. The van der Waals surface area contributed by atoms with Crippen LogP contribution in [-0.4, -0.2) is 20.2 Å². The first-order chi connectivity index (χ1) is 10.9. The largest absolute Gasteiger partial charge is 4.00 e. The van der Waals surface area contributed by atoms with Crippen molar-refractivity contribution in [2.45, 2.75) is 19.8 Å². The van der Waals surface area contributed by atoms with Crippen molar-refractivity contribution in [2.75, 3.05) is 0 Å². The van der Waals surface area contributed by atoms with Crippen molar-refractivity contribution in [1.29, 1.82) is 0 Å². The van der Waals surface area contributed by atoms with Crippen LogP contribution in [0.4, 0.5) is 0 Å². The van der Waals surface area contributed by atoms with Gasteiger partial charge in [-0.1, -0.05) is 25.8 Å². The molecule has 0 radical (unpaired) electrons. The van der Waals surface area contributed by atoms with E-state index >= 15 is 0 Å². The molecule has 0 atom stereocenters. The molecule has 0 spiro atoms. The first kappa shape index (κ1) is 23.7. The molecule has 7 heteroatoms. The third kappa shape index (κ3) is 6.50. The van der Waals surface area contributed by atoms with E-state index in [0.29, 0.717) is 0 Å². The van der Waals surface area contributed by atoms with Crippen LogP contribution in [0.3, 0.4) is 0 Å². The van der Waals surface area contributed by atoms with Crippen molar-refractivity contribution >= 4 is 10.8 Å². The molecule has 0 aliphatic carbocycles. The Morgan fingerprint density at radius 1 is 1.08 bits per heavy atom. The van der Waals surface area contributed by atoms with Crippen LogP contribution >= 0.6 is 0 Å². The number of fused-ring (bicyclic) bond motifs is 1. The minimum absolute atomic E-state index is 0. The van der Waals surface area contributed by atoms with Crippen molar-refractivity contribution in [3.05, 3.63) is 72.6 Å². The molecule has 0 fully saturated rings. The van der Waals surface area contributed by atoms with Crippen LogP contribution < -0.4 is 24.8 Å². The van der Waals surface area contributed by atoms with Crippen LogP contribution in [0.1, 0.15) is 18.9 Å². The van der Waals surface area contributed by atoms with E-state index in [-0.39, 0.29) is 51.0 Å². The number of hydrogen-bond acceptors (Lipinski definition) is 3. The number of benzene rings is 1. The summed E-state index contributed by atoms with van der Waals surface area (Å²) >= 11 is 0. The van der Waals surface area contributed by atoms with Gasteiger partial charge in [0.1, 0.15) is 0 Å². The summed E-state index contributed by atoms with van der Waals surface area (Å²) in [5.74, 6) is 0. The van der Waals surface area contributed by atoms with Crippen LogP contribution in [0.2, 0.25) is 0 Å². The van der Waals surface area contributed by atoms with E-state index in [4.69, 9.17) is 0 Å². The SMILES string of the molecule is CCC[c-]1cccc1.[Cl-].[Cl-].[Zr+4].c1ccc2[cH-]c(-n3ncnn3)cc2c1. The average molecular weight is 453 g/mol. The Bertz CT molecular complexity index is 778. The molecular formula is C18H18Cl2N4Zr. The number of aryl methyl sites for hydroxylation is 1. The van der Waals surface area contributed by atoms with Crippen molar-refractivity contribution < 1.29 is 51.0 Å². The van der Waals surface area contributed by atoms with Gasteiger partial charge in [0, 0.05) is 0 Å². The molecule has 4 rings (SSSR count). The first-order valence-electron chi connectivity index (χ1n) is 7.46. The maximum atomic E-state index is 3.98. The van der Waals surface area contributed by atoms with Gasteiger partial charge in [0.05, 0.1) is 0 Å². The summed E-state index contributed by atoms with van der Waals surface area (Å²) in [7, 11) is 0. The van der Waals surface area contributed by atoms with E-state index in [1.807, 2.05) is 24.3 Å². The standard InChI is InChI=1S/C10H7N4.C8H11.2ClH.Zr/c1-2-4-9-6-10(5-8(9)3-1)14-12-7-11-13-14;1-2-5-8-6-3-4-7-8;;;/h1-7H;3-4,6-7H,2,5H2,1H3;2*1H;/q2*-1;;;+4/p-2. The summed E-state index contributed by atoms with van der Waals surface area (Å²) < 4.78 is 0. The zero-order valence-electron chi connectivity index (χ0n) is 13.8. The molecule has 0 saturated heterocycles. The normalized spacial score (nSPS) is 9.16. The summed E-state index contributed by atoms with van der Waals surface area (Å²) in [6.45, 7) is 2.20. The van der Waals surface area contributed by atoms with Gasteiger partial charge < -0.3 is 24.8 Å². The topological polar surface area (TPSA) is 43.6 Å². The Balaban J connectivity index is 0.000000462. The Morgan fingerprint density at radius 3 is 2.40 bits per heavy atom. The number of aromatic nitrogens is 4. The van der Waals surface area contributed by atoms with E-state index in [9.17, 15) is 0 Å². The van der Waals surface area contributed by atoms with Gasteiger partial charge in [0.25, 0.3) is 0 Å². The average Bonchev–Trinajstić information content (AvgIpc) is 3.29. The Hall–Kier alpha value is -1.29. The maximum absolute atomic E-state index is 3.98. The summed E-state index contributed by atoms with van der Waals surface area (Å²) in [4.78, 5) is 1.51. The molecule has 25 heavy (non-hydrogen) atoms. The minimum atomic E-state index is 0. The smallest absolute Gasteiger partial charge is 1.00 e. The van der Waals surface area contributed by atoms with Gasteiger partial charge >= 0.3 is 26.2 Å². The molecule has 0 aliphatic rings. The fourth-order valence-electron chi connectivity index (χ4n) is 2.40. The van der Waals surface area contributed by atoms with Gasteiger partial charge in [-0.2, -0.15) is 22.5 Å². The third-order valence-corrected chi connectivity index (χ3v) is 3.45. The van der Waals surface area contributed by atoms with Crippen LogP contribution in [-0.2, 0) is 32.6 Å². The van der Waals surface area contributed by atoms with Gasteiger partial charge in [0.2, 0.25) is 0 Å². The predicted octanol–water partition coefficient (Wildman–Crippen LogP) is -2.10. The molecule has 0 amide bonds. The van der Waals surface area contributed by atoms with Gasteiger partial charge in [-0.3, -0.25) is 0 Å². The molecule has 1 aromatic heterocycles. The van der Waals surface area contributed by atoms with Crippen molar-refractivity contribution in [3.63, 3.8) is 0 Å². The van der Waals surface area contributed by atoms with Gasteiger partial charge in [-0.05, 0) is 10.9 Å². The monoisotopic (exact) mass is 450 g/mol. The van der Waals surface area contributed by atoms with Gasteiger partial charge in [0.15, 0.2) is 6.33 Å². The second kappa shape index (κ2) is 12.1. The molecule has 4 nitrogen and oxygen atoms in total. The summed E-state index contributed by atoms with van der Waals surface area (Å²) in [6, 6.07) is 20.8. The number of rotatable bonds is 3. The predicted molar refractivity (Wildman–Crippen MR) is 88.3 cm³/mol. The summed E-state index contributed by atoms with van der Waals surface area (Å²) in [5.41, 5.74) is 2.41. The van der Waals surface area contributed by atoms with E-state index in [2.05, 4.69) is 58.7 Å². The molecule has 0 bridgehead atoms. The van der Waals surface area contributed by atoms with E-state index in [0.717, 1.165) is 5.69 Å². The Kier molecular flexibility index (Phi) is 11.5. The molecule has 4 aromatic rings. The minimum Gasteiger partial charge on any atom is -1.00 e. The molecule has 1 heterocycles. The first-order valence-corrected chi connectivity index (χ1v) is 7.46. The number of tetrazole rings is 1. The van der Waals surface area contributed by atoms with Crippen molar-refractivity contribution in [2.24, 2.45) is 0 Å². The number of nitrogens with zero attached hydrogens (tertiary/aromatic N) is 4. The third-order valence-electron chi connectivity index (χ3n) is 3.45. The van der Waals surface area contributed by atoms with Crippen LogP contribution in [0.15, 0.2) is 67.0 Å². The Morgan fingerprint density at radius 2 is 1.80 bits per heavy atom. The molecule has 0 saturated carbocycles. The zero-order valence-corrected chi connectivity index (χ0v) is 17.8. The molecule has 0 N–H and O–H groups in total. The van der Waals surface area contributed by atoms with E-state index in [1.54, 1.807) is 0 Å². The number of hydrogen-bond donors (Lipinski definition) is 0. The second-order valence-electron chi connectivity index (χ2n) is 5.11. The Labute approximate surface area is 179 Å². The molecule has 0 unspecified atom stereocenters. The maximum Gasteiger partial charge on any atom is 4.00 e. The van der Waals surface area contributed by atoms with Crippen molar-refractivity contribution in [3.8, 4) is 5.69 Å². The van der Waals surface area contributed by atoms with Crippen molar-refractivity contribution in [1.82, 2.24) is 20.2 Å². The fourth-order valence-corrected chi connectivity index (χ4v) is 2.40. The van der Waals surface area contributed by atoms with Crippen LogP contribution in [0.25, 0.3) is 16.5 Å². The number of halogens is 2. The molecule has 128 valence electrons. The summed E-state index contributed by atoms with van der Waals surface area (Å²) in [5, 5.41) is 13.9. The quantitative estimate of drug-likeness (QED) is 0.335.